The summed E-state index contributed by atoms with van der Waals surface area (Å²) < 4.78 is 10.8. The molecule has 18 heavy (non-hydrogen) atoms. The number of carbonyl (C=O) groups excluding carboxylic acids is 1. The summed E-state index contributed by atoms with van der Waals surface area (Å²) in [5, 5.41) is 31.2. The normalized spacial score (nSPS) is 36.7. The third kappa shape index (κ3) is 3.63. The molecule has 1 rings (SSSR count). The van der Waals surface area contributed by atoms with Crippen molar-refractivity contribution in [1.29, 1.82) is 0 Å². The molecule has 5 atom stereocenters. The van der Waals surface area contributed by atoms with Gasteiger partial charge in [0.1, 0.15) is 24.4 Å². The maximum atomic E-state index is 11.1. The molecule has 1 heterocycles. The van der Waals surface area contributed by atoms with Crippen LogP contribution in [0.4, 0.5) is 0 Å². The van der Waals surface area contributed by atoms with Crippen molar-refractivity contribution in [2.45, 2.75) is 57.5 Å². The molecule has 0 unspecified atom stereocenters. The van der Waals surface area contributed by atoms with E-state index < -0.39 is 37.3 Å². The van der Waals surface area contributed by atoms with Crippen LogP contribution in [0.15, 0.2) is 0 Å². The number of ether oxygens (including phenoxy) is 2. The summed E-state index contributed by atoms with van der Waals surface area (Å²) in [4.78, 5) is 11.1. The molecule has 7 nitrogen and oxygen atoms in total. The van der Waals surface area contributed by atoms with Crippen LogP contribution in [0.3, 0.4) is 0 Å². The Morgan fingerprint density at radius 3 is 2.44 bits per heavy atom. The number of rotatable bonds is 4. The Hall–Kier alpha value is -0.730. The number of carbonyl (C=O) groups is 1. The summed E-state index contributed by atoms with van der Waals surface area (Å²) in [5.41, 5.74) is 0. The first kappa shape index (κ1) is 15.3. The zero-order valence-electron chi connectivity index (χ0n) is 10.7. The highest BCUT2D eigenvalue weighted by molar-refractivity contribution is 5.73. The van der Waals surface area contributed by atoms with Crippen LogP contribution in [0, 0.1) is 0 Å². The van der Waals surface area contributed by atoms with E-state index in [2.05, 4.69) is 5.32 Å². The van der Waals surface area contributed by atoms with Crippen molar-refractivity contribution in [2.75, 3.05) is 6.61 Å². The van der Waals surface area contributed by atoms with E-state index in [4.69, 9.17) is 14.6 Å². The molecule has 0 bridgehead atoms. The highest BCUT2D eigenvalue weighted by atomic mass is 16.7. The van der Waals surface area contributed by atoms with Crippen LogP contribution < -0.4 is 5.32 Å². The summed E-state index contributed by atoms with van der Waals surface area (Å²) >= 11 is 0. The van der Waals surface area contributed by atoms with Crippen LogP contribution in [-0.4, -0.2) is 64.6 Å². The molecule has 0 aromatic carbocycles. The minimum Gasteiger partial charge on any atom is -0.394 e. The van der Waals surface area contributed by atoms with Crippen molar-refractivity contribution in [1.82, 2.24) is 5.32 Å². The van der Waals surface area contributed by atoms with Gasteiger partial charge >= 0.3 is 0 Å². The fourth-order valence-electron chi connectivity index (χ4n) is 1.85. The third-order valence-corrected chi connectivity index (χ3v) is 2.66. The van der Waals surface area contributed by atoms with Crippen molar-refractivity contribution < 1.29 is 29.6 Å². The Kier molecular flexibility index (Phi) is 5.48. The van der Waals surface area contributed by atoms with Gasteiger partial charge in [0.05, 0.1) is 12.7 Å². The van der Waals surface area contributed by atoms with E-state index in [-0.39, 0.29) is 12.0 Å². The molecule has 0 saturated carbocycles. The number of hydrogen-bond acceptors (Lipinski definition) is 6. The molecule has 106 valence electrons. The van der Waals surface area contributed by atoms with E-state index >= 15 is 0 Å². The predicted octanol–water partition coefficient (Wildman–Crippen LogP) is -1.64. The van der Waals surface area contributed by atoms with Crippen LogP contribution in [0.5, 0.6) is 0 Å². The van der Waals surface area contributed by atoms with Crippen molar-refractivity contribution in [3.8, 4) is 0 Å². The van der Waals surface area contributed by atoms with Crippen LogP contribution in [0.2, 0.25) is 0 Å². The van der Waals surface area contributed by atoms with Crippen LogP contribution in [0.1, 0.15) is 20.8 Å². The van der Waals surface area contributed by atoms with Gasteiger partial charge in [-0.2, -0.15) is 0 Å². The Morgan fingerprint density at radius 1 is 1.39 bits per heavy atom. The SMILES string of the molecule is CC(=O)N[C@@H]1[C@@H](OC(C)C)O[C@H](CO)[C@H](O)[C@@H]1O. The van der Waals surface area contributed by atoms with Crippen LogP contribution in [0.25, 0.3) is 0 Å². The van der Waals surface area contributed by atoms with E-state index in [1.807, 2.05) is 0 Å². The number of nitrogens with one attached hydrogen (secondary N) is 1. The Morgan fingerprint density at radius 2 is 2.00 bits per heavy atom. The largest absolute Gasteiger partial charge is 0.394 e. The second-order valence-corrected chi connectivity index (χ2v) is 4.62. The summed E-state index contributed by atoms with van der Waals surface area (Å²) in [5.74, 6) is -0.366. The second kappa shape index (κ2) is 6.44. The maximum absolute atomic E-state index is 11.1. The zero-order chi connectivity index (χ0) is 13.9. The molecule has 0 aromatic heterocycles. The Balaban J connectivity index is 2.83. The lowest BCUT2D eigenvalue weighted by Gasteiger charge is -2.42. The molecule has 7 heteroatoms. The van der Waals surface area contributed by atoms with Gasteiger partial charge in [0, 0.05) is 6.92 Å². The highest BCUT2D eigenvalue weighted by Gasteiger charge is 2.45. The Bertz CT molecular complexity index is 285. The molecular weight excluding hydrogens is 242 g/mol. The van der Waals surface area contributed by atoms with E-state index in [9.17, 15) is 15.0 Å². The molecule has 1 fully saturated rings. The summed E-state index contributed by atoms with van der Waals surface area (Å²) in [7, 11) is 0. The average Bonchev–Trinajstić information content (AvgIpc) is 2.27. The number of amides is 1. The minimum atomic E-state index is -1.28. The topological polar surface area (TPSA) is 108 Å². The van der Waals surface area contributed by atoms with E-state index in [0.29, 0.717) is 0 Å². The van der Waals surface area contributed by atoms with Crippen molar-refractivity contribution in [2.24, 2.45) is 0 Å². The standard InChI is InChI=1S/C11H21NO6/c1-5(2)17-11-8(12-6(3)14)10(16)9(15)7(4-13)18-11/h5,7-11,13,15-16H,4H2,1-3H3,(H,12,14)/t7-,8+,9+,10-,11+/m1/s1. The van der Waals surface area contributed by atoms with Crippen LogP contribution >= 0.6 is 0 Å². The van der Waals surface area contributed by atoms with Gasteiger partial charge < -0.3 is 30.1 Å². The van der Waals surface area contributed by atoms with E-state index in [1.54, 1.807) is 13.8 Å². The molecule has 1 aliphatic rings. The van der Waals surface area contributed by atoms with Gasteiger partial charge in [-0.05, 0) is 13.8 Å². The Labute approximate surface area is 106 Å². The molecule has 1 aliphatic heterocycles. The van der Waals surface area contributed by atoms with Crippen molar-refractivity contribution in [3.05, 3.63) is 0 Å². The first-order valence-electron chi connectivity index (χ1n) is 5.91. The van der Waals surface area contributed by atoms with Gasteiger partial charge in [0.2, 0.25) is 5.91 Å². The van der Waals surface area contributed by atoms with Gasteiger partial charge in [0.15, 0.2) is 6.29 Å². The smallest absolute Gasteiger partial charge is 0.217 e. The summed E-state index contributed by atoms with van der Waals surface area (Å²) in [6, 6.07) is -0.873. The van der Waals surface area contributed by atoms with E-state index in [0.717, 1.165) is 0 Å². The quantitative estimate of drug-likeness (QED) is 0.484. The number of aliphatic hydroxyl groups excluding tert-OH is 3. The lowest BCUT2D eigenvalue weighted by Crippen LogP contribution is -2.64. The van der Waals surface area contributed by atoms with E-state index in [1.165, 1.54) is 6.92 Å². The molecule has 0 aromatic rings. The predicted molar refractivity (Wildman–Crippen MR) is 61.6 cm³/mol. The molecule has 0 radical (unpaired) electrons. The van der Waals surface area contributed by atoms with Gasteiger partial charge in [-0.3, -0.25) is 4.79 Å². The highest BCUT2D eigenvalue weighted by Crippen LogP contribution is 2.22. The van der Waals surface area contributed by atoms with Crippen molar-refractivity contribution in [3.63, 3.8) is 0 Å². The summed E-state index contributed by atoms with van der Waals surface area (Å²) in [6.45, 7) is 4.41. The molecule has 0 aliphatic carbocycles. The monoisotopic (exact) mass is 263 g/mol. The third-order valence-electron chi connectivity index (χ3n) is 2.66. The van der Waals surface area contributed by atoms with Crippen LogP contribution in [-0.2, 0) is 14.3 Å². The maximum Gasteiger partial charge on any atom is 0.217 e. The first-order valence-corrected chi connectivity index (χ1v) is 5.91. The summed E-state index contributed by atoms with van der Waals surface area (Å²) in [6.07, 6.45) is -4.58. The molecular formula is C11H21NO6. The van der Waals surface area contributed by atoms with Crippen molar-refractivity contribution >= 4 is 5.91 Å². The molecule has 4 N–H and O–H groups in total. The molecule has 1 amide bonds. The lowest BCUT2D eigenvalue weighted by molar-refractivity contribution is -0.278. The average molecular weight is 263 g/mol. The molecule has 0 spiro atoms. The fraction of sp³-hybridized carbons (Fsp3) is 0.909. The van der Waals surface area contributed by atoms with Gasteiger partial charge in [0.25, 0.3) is 0 Å². The minimum absolute atomic E-state index is 0.187. The fourth-order valence-corrected chi connectivity index (χ4v) is 1.85. The molecule has 1 saturated heterocycles. The van der Waals surface area contributed by atoms with Gasteiger partial charge in [-0.15, -0.1) is 0 Å². The second-order valence-electron chi connectivity index (χ2n) is 4.62. The zero-order valence-corrected chi connectivity index (χ0v) is 10.7. The number of hydrogen-bond donors (Lipinski definition) is 4. The first-order chi connectivity index (χ1) is 8.36. The lowest BCUT2D eigenvalue weighted by atomic mass is 9.97. The van der Waals surface area contributed by atoms with Gasteiger partial charge in [-0.1, -0.05) is 0 Å². The van der Waals surface area contributed by atoms with Gasteiger partial charge in [-0.25, -0.2) is 0 Å². The number of aliphatic hydroxyl groups is 3.